The minimum Gasteiger partial charge on any atom is -0.481 e. The molecule has 0 fully saturated rings. The van der Waals surface area contributed by atoms with Gasteiger partial charge in [-0.25, -0.2) is 4.39 Å². The summed E-state index contributed by atoms with van der Waals surface area (Å²) < 4.78 is 18.3. The first-order valence-electron chi connectivity index (χ1n) is 4.70. The SMILES string of the molecule is C#CCOc1ccc(CCC(=O)O)cc1F. The zero-order valence-electron chi connectivity index (χ0n) is 8.57. The number of hydrogen-bond acceptors (Lipinski definition) is 2. The molecule has 0 aliphatic carbocycles. The van der Waals surface area contributed by atoms with E-state index in [-0.39, 0.29) is 18.8 Å². The average Bonchev–Trinajstić information content (AvgIpc) is 2.25. The number of hydrogen-bond donors (Lipinski definition) is 1. The molecule has 4 heteroatoms. The Balaban J connectivity index is 2.67. The lowest BCUT2D eigenvalue weighted by Crippen LogP contribution is -2.00. The van der Waals surface area contributed by atoms with Gasteiger partial charge in [-0.15, -0.1) is 6.42 Å². The third kappa shape index (κ3) is 3.62. The molecule has 0 aliphatic rings. The zero-order valence-corrected chi connectivity index (χ0v) is 8.57. The molecule has 0 spiro atoms. The standard InChI is InChI=1S/C12H11FO3/c1-2-7-16-11-5-3-9(8-10(11)13)4-6-12(14)15/h1,3,5,8H,4,6-7H2,(H,14,15). The van der Waals surface area contributed by atoms with Crippen LogP contribution in [0.2, 0.25) is 0 Å². The lowest BCUT2D eigenvalue weighted by molar-refractivity contribution is -0.136. The molecule has 0 saturated heterocycles. The van der Waals surface area contributed by atoms with E-state index in [2.05, 4.69) is 5.92 Å². The van der Waals surface area contributed by atoms with Crippen molar-refractivity contribution in [2.75, 3.05) is 6.61 Å². The molecule has 0 atom stereocenters. The molecule has 0 heterocycles. The van der Waals surface area contributed by atoms with E-state index in [0.717, 1.165) is 0 Å². The van der Waals surface area contributed by atoms with Crippen LogP contribution in [-0.2, 0) is 11.2 Å². The maximum Gasteiger partial charge on any atom is 0.303 e. The van der Waals surface area contributed by atoms with Crippen LogP contribution in [0.3, 0.4) is 0 Å². The average molecular weight is 222 g/mol. The third-order valence-corrected chi connectivity index (χ3v) is 1.93. The molecule has 0 unspecified atom stereocenters. The van der Waals surface area contributed by atoms with Gasteiger partial charge in [-0.1, -0.05) is 12.0 Å². The number of carboxylic acids is 1. The minimum absolute atomic E-state index is 0.00535. The van der Waals surface area contributed by atoms with E-state index in [4.69, 9.17) is 16.3 Å². The maximum absolute atomic E-state index is 13.4. The molecule has 16 heavy (non-hydrogen) atoms. The monoisotopic (exact) mass is 222 g/mol. The van der Waals surface area contributed by atoms with Crippen LogP contribution in [0.4, 0.5) is 4.39 Å². The molecule has 0 saturated carbocycles. The van der Waals surface area contributed by atoms with Crippen LogP contribution in [0, 0.1) is 18.2 Å². The Labute approximate surface area is 92.9 Å². The molecule has 0 radical (unpaired) electrons. The lowest BCUT2D eigenvalue weighted by Gasteiger charge is -2.05. The van der Waals surface area contributed by atoms with E-state index in [1.165, 1.54) is 12.1 Å². The van der Waals surface area contributed by atoms with Crippen molar-refractivity contribution in [2.24, 2.45) is 0 Å². The minimum atomic E-state index is -0.909. The molecular formula is C12H11FO3. The van der Waals surface area contributed by atoms with Gasteiger partial charge in [0.05, 0.1) is 0 Å². The summed E-state index contributed by atoms with van der Waals surface area (Å²) in [7, 11) is 0. The fourth-order valence-electron chi connectivity index (χ4n) is 1.19. The van der Waals surface area contributed by atoms with Crippen molar-refractivity contribution in [3.8, 4) is 18.1 Å². The first-order chi connectivity index (χ1) is 7.63. The lowest BCUT2D eigenvalue weighted by atomic mass is 10.1. The molecule has 1 N–H and O–H groups in total. The fourth-order valence-corrected chi connectivity index (χ4v) is 1.19. The topological polar surface area (TPSA) is 46.5 Å². The predicted octanol–water partition coefficient (Wildman–Crippen LogP) is 1.85. The summed E-state index contributed by atoms with van der Waals surface area (Å²) in [5.74, 6) is 0.873. The molecule has 1 aromatic carbocycles. The normalized spacial score (nSPS) is 9.50. The second kappa shape index (κ2) is 5.76. The molecule has 0 aromatic heterocycles. The van der Waals surface area contributed by atoms with Crippen molar-refractivity contribution in [2.45, 2.75) is 12.8 Å². The summed E-state index contributed by atoms with van der Waals surface area (Å²) in [6, 6.07) is 4.33. The van der Waals surface area contributed by atoms with Gasteiger partial charge in [-0.05, 0) is 24.1 Å². The van der Waals surface area contributed by atoms with Crippen molar-refractivity contribution < 1.29 is 19.0 Å². The van der Waals surface area contributed by atoms with Gasteiger partial charge in [0.15, 0.2) is 11.6 Å². The van der Waals surface area contributed by atoms with Crippen LogP contribution in [0.1, 0.15) is 12.0 Å². The Morgan fingerprint density at radius 3 is 2.88 bits per heavy atom. The molecule has 0 bridgehead atoms. The Bertz CT molecular complexity index is 421. The smallest absolute Gasteiger partial charge is 0.303 e. The van der Waals surface area contributed by atoms with Gasteiger partial charge in [0.1, 0.15) is 6.61 Å². The Kier molecular flexibility index (Phi) is 4.34. The summed E-state index contributed by atoms with van der Waals surface area (Å²) in [6.07, 6.45) is 5.24. The van der Waals surface area contributed by atoms with E-state index in [1.807, 2.05) is 0 Å². The highest BCUT2D eigenvalue weighted by Crippen LogP contribution is 2.18. The number of ether oxygens (including phenoxy) is 1. The van der Waals surface area contributed by atoms with Crippen LogP contribution < -0.4 is 4.74 Å². The maximum atomic E-state index is 13.4. The number of rotatable bonds is 5. The summed E-state index contributed by atoms with van der Waals surface area (Å²) in [6.45, 7) is 0.00535. The van der Waals surface area contributed by atoms with E-state index >= 15 is 0 Å². The number of carbonyl (C=O) groups is 1. The number of halogens is 1. The van der Waals surface area contributed by atoms with Crippen LogP contribution in [0.15, 0.2) is 18.2 Å². The van der Waals surface area contributed by atoms with Gasteiger partial charge in [0, 0.05) is 6.42 Å². The van der Waals surface area contributed by atoms with E-state index < -0.39 is 11.8 Å². The van der Waals surface area contributed by atoms with Gasteiger partial charge < -0.3 is 9.84 Å². The van der Waals surface area contributed by atoms with E-state index in [0.29, 0.717) is 12.0 Å². The van der Waals surface area contributed by atoms with Crippen molar-refractivity contribution >= 4 is 5.97 Å². The highest BCUT2D eigenvalue weighted by molar-refractivity contribution is 5.67. The van der Waals surface area contributed by atoms with Gasteiger partial charge in [0.2, 0.25) is 0 Å². The summed E-state index contributed by atoms with van der Waals surface area (Å²) in [5, 5.41) is 8.47. The van der Waals surface area contributed by atoms with Gasteiger partial charge in [-0.2, -0.15) is 0 Å². The largest absolute Gasteiger partial charge is 0.481 e. The van der Waals surface area contributed by atoms with Crippen LogP contribution in [-0.4, -0.2) is 17.7 Å². The molecule has 84 valence electrons. The van der Waals surface area contributed by atoms with Gasteiger partial charge in [0.25, 0.3) is 0 Å². The summed E-state index contributed by atoms with van der Waals surface area (Å²) in [4.78, 5) is 10.3. The predicted molar refractivity (Wildman–Crippen MR) is 56.7 cm³/mol. The Hall–Kier alpha value is -2.02. The third-order valence-electron chi connectivity index (χ3n) is 1.93. The van der Waals surface area contributed by atoms with E-state index in [1.54, 1.807) is 6.07 Å². The summed E-state index contributed by atoms with van der Waals surface area (Å²) >= 11 is 0. The second-order valence-corrected chi connectivity index (χ2v) is 3.15. The zero-order chi connectivity index (χ0) is 12.0. The fraction of sp³-hybridized carbons (Fsp3) is 0.250. The van der Waals surface area contributed by atoms with Crippen LogP contribution >= 0.6 is 0 Å². The van der Waals surface area contributed by atoms with Gasteiger partial charge >= 0.3 is 5.97 Å². The van der Waals surface area contributed by atoms with E-state index in [9.17, 15) is 9.18 Å². The highest BCUT2D eigenvalue weighted by Gasteiger charge is 2.05. The number of terminal acetylenes is 1. The summed E-state index contributed by atoms with van der Waals surface area (Å²) in [5.41, 5.74) is 0.618. The second-order valence-electron chi connectivity index (χ2n) is 3.15. The quantitative estimate of drug-likeness (QED) is 0.773. The van der Waals surface area contributed by atoms with Crippen molar-refractivity contribution in [1.29, 1.82) is 0 Å². The Morgan fingerprint density at radius 1 is 1.56 bits per heavy atom. The highest BCUT2D eigenvalue weighted by atomic mass is 19.1. The molecule has 1 rings (SSSR count). The van der Waals surface area contributed by atoms with Gasteiger partial charge in [-0.3, -0.25) is 4.79 Å². The number of benzene rings is 1. The van der Waals surface area contributed by atoms with Crippen molar-refractivity contribution in [3.63, 3.8) is 0 Å². The first-order valence-corrected chi connectivity index (χ1v) is 4.70. The molecular weight excluding hydrogens is 211 g/mol. The molecule has 0 amide bonds. The van der Waals surface area contributed by atoms with Crippen LogP contribution in [0.25, 0.3) is 0 Å². The number of carboxylic acid groups (broad SMARTS) is 1. The van der Waals surface area contributed by atoms with Crippen molar-refractivity contribution in [1.82, 2.24) is 0 Å². The molecule has 0 aliphatic heterocycles. The number of aryl methyl sites for hydroxylation is 1. The molecule has 1 aromatic rings. The number of aliphatic carboxylic acids is 1. The first kappa shape index (κ1) is 12.1. The Morgan fingerprint density at radius 2 is 2.31 bits per heavy atom. The van der Waals surface area contributed by atoms with Crippen LogP contribution in [0.5, 0.6) is 5.75 Å². The molecule has 3 nitrogen and oxygen atoms in total. The van der Waals surface area contributed by atoms with Crippen molar-refractivity contribution in [3.05, 3.63) is 29.6 Å².